The van der Waals surface area contributed by atoms with Crippen LogP contribution in [0.5, 0.6) is 5.75 Å². The summed E-state index contributed by atoms with van der Waals surface area (Å²) in [5.41, 5.74) is 0.237. The van der Waals surface area contributed by atoms with Gasteiger partial charge in [0.1, 0.15) is 5.75 Å². The highest BCUT2D eigenvalue weighted by molar-refractivity contribution is 7.87. The normalized spacial score (nSPS) is 11.6. The summed E-state index contributed by atoms with van der Waals surface area (Å²) in [4.78, 5) is 0. The van der Waals surface area contributed by atoms with Gasteiger partial charge in [-0.3, -0.25) is 9.27 Å². The van der Waals surface area contributed by atoms with Crippen LogP contribution in [0.1, 0.15) is 0 Å². The molecule has 0 amide bonds. The first-order valence-corrected chi connectivity index (χ1v) is 5.87. The summed E-state index contributed by atoms with van der Waals surface area (Å²) in [5.74, 6) is 0.121. The van der Waals surface area contributed by atoms with Crippen LogP contribution in [0.15, 0.2) is 36.4 Å². The number of fused-ring (bicyclic) bond motifs is 1. The van der Waals surface area contributed by atoms with Gasteiger partial charge in [0.2, 0.25) is 0 Å². The van der Waals surface area contributed by atoms with Gasteiger partial charge in [-0.15, -0.1) is 0 Å². The molecule has 6 heteroatoms. The fourth-order valence-electron chi connectivity index (χ4n) is 1.48. The van der Waals surface area contributed by atoms with Gasteiger partial charge in [0.05, 0.1) is 5.69 Å². The van der Waals surface area contributed by atoms with Crippen LogP contribution in [-0.2, 0) is 10.3 Å². The van der Waals surface area contributed by atoms with E-state index in [9.17, 15) is 13.5 Å². The molecule has 2 aromatic rings. The van der Waals surface area contributed by atoms with Crippen LogP contribution >= 0.6 is 0 Å². The maximum atomic E-state index is 10.6. The molecule has 84 valence electrons. The number of anilines is 1. The van der Waals surface area contributed by atoms with Crippen molar-refractivity contribution in [1.29, 1.82) is 0 Å². The fourth-order valence-corrected chi connectivity index (χ4v) is 1.90. The minimum Gasteiger partial charge on any atom is -0.507 e. The average Bonchev–Trinajstić information content (AvgIpc) is 2.15. The second kappa shape index (κ2) is 3.66. The lowest BCUT2D eigenvalue weighted by Gasteiger charge is -2.05. The summed E-state index contributed by atoms with van der Waals surface area (Å²) in [7, 11) is -4.27. The van der Waals surface area contributed by atoms with Crippen LogP contribution in [0, 0.1) is 0 Å². The van der Waals surface area contributed by atoms with E-state index in [0.29, 0.717) is 10.8 Å². The number of rotatable bonds is 2. The summed E-state index contributed by atoms with van der Waals surface area (Å²) < 4.78 is 31.7. The van der Waals surface area contributed by atoms with Crippen molar-refractivity contribution >= 4 is 26.8 Å². The second-order valence-corrected chi connectivity index (χ2v) is 4.44. The van der Waals surface area contributed by atoms with E-state index >= 15 is 0 Å². The Morgan fingerprint density at radius 3 is 2.56 bits per heavy atom. The summed E-state index contributed by atoms with van der Waals surface area (Å²) in [6, 6.07) is 9.45. The van der Waals surface area contributed by atoms with Crippen molar-refractivity contribution in [2.24, 2.45) is 0 Å². The van der Waals surface area contributed by atoms with Crippen molar-refractivity contribution in [3.05, 3.63) is 36.4 Å². The highest BCUT2D eigenvalue weighted by Crippen LogP contribution is 2.26. The van der Waals surface area contributed by atoms with Gasteiger partial charge in [0, 0.05) is 5.39 Å². The smallest absolute Gasteiger partial charge is 0.357 e. The number of nitrogens with one attached hydrogen (secondary N) is 1. The van der Waals surface area contributed by atoms with Gasteiger partial charge in [-0.1, -0.05) is 12.1 Å². The first-order chi connectivity index (χ1) is 7.46. The van der Waals surface area contributed by atoms with E-state index in [1.54, 1.807) is 18.2 Å². The summed E-state index contributed by atoms with van der Waals surface area (Å²) in [6.45, 7) is 0. The quantitative estimate of drug-likeness (QED) is 0.697. The van der Waals surface area contributed by atoms with Gasteiger partial charge in [-0.05, 0) is 29.7 Å². The molecular formula is C10H9NO4S. The molecule has 0 fully saturated rings. The Kier molecular flexibility index (Phi) is 2.45. The third-order valence-electron chi connectivity index (χ3n) is 2.10. The Labute approximate surface area is 92.2 Å². The first kappa shape index (κ1) is 10.7. The Morgan fingerprint density at radius 2 is 1.88 bits per heavy atom. The molecule has 0 spiro atoms. The van der Waals surface area contributed by atoms with E-state index in [-0.39, 0.29) is 11.4 Å². The van der Waals surface area contributed by atoms with Gasteiger partial charge in [-0.2, -0.15) is 8.42 Å². The van der Waals surface area contributed by atoms with Gasteiger partial charge in [-0.25, -0.2) is 0 Å². The van der Waals surface area contributed by atoms with Crippen LogP contribution in [0.3, 0.4) is 0 Å². The van der Waals surface area contributed by atoms with Gasteiger partial charge in [0.25, 0.3) is 0 Å². The molecular weight excluding hydrogens is 230 g/mol. The van der Waals surface area contributed by atoms with Crippen molar-refractivity contribution in [2.45, 2.75) is 0 Å². The van der Waals surface area contributed by atoms with Crippen molar-refractivity contribution in [3.8, 4) is 5.75 Å². The molecule has 3 N–H and O–H groups in total. The summed E-state index contributed by atoms with van der Waals surface area (Å²) in [6.07, 6.45) is 0. The Bertz CT molecular complexity index is 636. The molecule has 16 heavy (non-hydrogen) atoms. The van der Waals surface area contributed by atoms with Crippen LogP contribution < -0.4 is 4.72 Å². The third kappa shape index (κ3) is 2.23. The topological polar surface area (TPSA) is 86.6 Å². The molecule has 0 saturated carbocycles. The average molecular weight is 239 g/mol. The predicted octanol–water partition coefficient (Wildman–Crippen LogP) is 1.76. The number of benzene rings is 2. The SMILES string of the molecule is O=S(=O)(O)Nc1ccc2c(O)cccc2c1. The number of hydrogen-bond acceptors (Lipinski definition) is 3. The highest BCUT2D eigenvalue weighted by Gasteiger charge is 2.05. The molecule has 0 aliphatic rings. The molecule has 0 bridgehead atoms. The van der Waals surface area contributed by atoms with Crippen LogP contribution in [0.25, 0.3) is 10.8 Å². The molecule has 2 rings (SSSR count). The van der Waals surface area contributed by atoms with Crippen molar-refractivity contribution in [2.75, 3.05) is 4.72 Å². The lowest BCUT2D eigenvalue weighted by Crippen LogP contribution is -2.09. The van der Waals surface area contributed by atoms with Gasteiger partial charge in [0.15, 0.2) is 0 Å². The lowest BCUT2D eigenvalue weighted by atomic mass is 10.1. The van der Waals surface area contributed by atoms with Gasteiger partial charge < -0.3 is 5.11 Å². The van der Waals surface area contributed by atoms with Crippen molar-refractivity contribution in [3.63, 3.8) is 0 Å². The van der Waals surface area contributed by atoms with Crippen LogP contribution in [0.4, 0.5) is 5.69 Å². The third-order valence-corrected chi connectivity index (χ3v) is 2.60. The molecule has 2 aromatic carbocycles. The minimum atomic E-state index is -4.27. The molecule has 0 aliphatic heterocycles. The fraction of sp³-hybridized carbons (Fsp3) is 0. The molecule has 5 nitrogen and oxygen atoms in total. The maximum Gasteiger partial charge on any atom is 0.357 e. The number of hydrogen-bond donors (Lipinski definition) is 3. The Morgan fingerprint density at radius 1 is 1.12 bits per heavy atom. The van der Waals surface area contributed by atoms with E-state index in [1.807, 2.05) is 4.72 Å². The van der Waals surface area contributed by atoms with Crippen LogP contribution in [-0.4, -0.2) is 18.1 Å². The zero-order valence-electron chi connectivity index (χ0n) is 8.08. The van der Waals surface area contributed by atoms with Crippen molar-refractivity contribution < 1.29 is 18.1 Å². The van der Waals surface area contributed by atoms with E-state index in [2.05, 4.69) is 0 Å². The highest BCUT2D eigenvalue weighted by atomic mass is 32.2. The molecule has 0 saturated heterocycles. The number of phenolic OH excluding ortho intramolecular Hbond substituents is 1. The lowest BCUT2D eigenvalue weighted by molar-refractivity contribution is 0.481. The Hall–Kier alpha value is -1.79. The van der Waals surface area contributed by atoms with E-state index < -0.39 is 10.3 Å². The molecule has 0 atom stereocenters. The predicted molar refractivity (Wildman–Crippen MR) is 60.8 cm³/mol. The van der Waals surface area contributed by atoms with Crippen LogP contribution in [0.2, 0.25) is 0 Å². The van der Waals surface area contributed by atoms with E-state index in [0.717, 1.165) is 0 Å². The molecule has 0 aromatic heterocycles. The van der Waals surface area contributed by atoms with E-state index in [4.69, 9.17) is 4.55 Å². The van der Waals surface area contributed by atoms with Crippen molar-refractivity contribution in [1.82, 2.24) is 0 Å². The number of phenols is 1. The second-order valence-electron chi connectivity index (χ2n) is 3.29. The molecule has 0 aliphatic carbocycles. The molecule has 0 radical (unpaired) electrons. The Balaban J connectivity index is 2.53. The molecule has 0 unspecified atom stereocenters. The monoisotopic (exact) mass is 239 g/mol. The first-order valence-electron chi connectivity index (χ1n) is 4.43. The maximum absolute atomic E-state index is 10.6. The standard InChI is InChI=1S/C10H9NO4S/c12-10-3-1-2-7-6-8(4-5-9(7)10)11-16(13,14)15/h1-6,11-12H,(H,13,14,15). The minimum absolute atomic E-state index is 0.121. The largest absolute Gasteiger partial charge is 0.507 e. The zero-order chi connectivity index (χ0) is 11.8. The van der Waals surface area contributed by atoms with Gasteiger partial charge >= 0.3 is 10.3 Å². The summed E-state index contributed by atoms with van der Waals surface area (Å²) >= 11 is 0. The molecule has 0 heterocycles. The summed E-state index contributed by atoms with van der Waals surface area (Å²) in [5, 5.41) is 10.8. The van der Waals surface area contributed by atoms with E-state index in [1.165, 1.54) is 18.2 Å². The zero-order valence-corrected chi connectivity index (χ0v) is 8.90. The number of aromatic hydroxyl groups is 1.